The molecular formula is C23H19N3O2. The smallest absolute Gasteiger partial charge is 0.231 e. The van der Waals surface area contributed by atoms with Crippen LogP contribution in [0.4, 0.5) is 5.82 Å². The van der Waals surface area contributed by atoms with Crippen molar-refractivity contribution in [2.75, 3.05) is 18.2 Å². The van der Waals surface area contributed by atoms with Crippen LogP contribution in [0.1, 0.15) is 22.9 Å². The maximum atomic E-state index is 5.65. The van der Waals surface area contributed by atoms with Crippen LogP contribution >= 0.6 is 0 Å². The van der Waals surface area contributed by atoms with Gasteiger partial charge in [0, 0.05) is 29.3 Å². The fraction of sp³-hybridized carbons (Fsp3) is 0.174. The molecule has 2 aromatic carbocycles. The van der Waals surface area contributed by atoms with Gasteiger partial charge in [0.2, 0.25) is 6.79 Å². The number of nitrogens with zero attached hydrogens (tertiary/aromatic N) is 2. The number of pyridine rings is 1. The van der Waals surface area contributed by atoms with Gasteiger partial charge in [0.05, 0.1) is 6.04 Å². The molecule has 0 saturated carbocycles. The minimum absolute atomic E-state index is 0.0422. The highest BCUT2D eigenvalue weighted by atomic mass is 16.7. The maximum Gasteiger partial charge on any atom is 0.231 e. The summed E-state index contributed by atoms with van der Waals surface area (Å²) in [6.07, 6.45) is 2.84. The number of fused-ring (bicyclic) bond motifs is 4. The van der Waals surface area contributed by atoms with Crippen LogP contribution in [0.25, 0.3) is 10.9 Å². The van der Waals surface area contributed by atoms with E-state index in [1.807, 2.05) is 24.4 Å². The Hall–Kier alpha value is -3.47. The lowest BCUT2D eigenvalue weighted by Crippen LogP contribution is -2.36. The lowest BCUT2D eigenvalue weighted by Gasteiger charge is -2.37. The number of ether oxygens (including phenoxy) is 2. The molecule has 138 valence electrons. The van der Waals surface area contributed by atoms with E-state index in [1.165, 1.54) is 27.7 Å². The summed E-state index contributed by atoms with van der Waals surface area (Å²) >= 11 is 0. The number of nitrogens with one attached hydrogen (secondary N) is 1. The van der Waals surface area contributed by atoms with Gasteiger partial charge in [0.15, 0.2) is 11.5 Å². The summed E-state index contributed by atoms with van der Waals surface area (Å²) in [6, 6.07) is 20.9. The van der Waals surface area contributed by atoms with Crippen LogP contribution in [0.2, 0.25) is 0 Å². The summed E-state index contributed by atoms with van der Waals surface area (Å²) in [5, 5.41) is 1.31. The molecule has 4 aromatic rings. The van der Waals surface area contributed by atoms with E-state index in [-0.39, 0.29) is 12.8 Å². The third kappa shape index (κ3) is 2.29. The van der Waals surface area contributed by atoms with Gasteiger partial charge in [-0.2, -0.15) is 0 Å². The molecule has 5 nitrogen and oxygen atoms in total. The van der Waals surface area contributed by atoms with Crippen LogP contribution in [0.15, 0.2) is 66.9 Å². The maximum absolute atomic E-state index is 5.65. The molecule has 0 saturated heterocycles. The van der Waals surface area contributed by atoms with Gasteiger partial charge in [0.25, 0.3) is 0 Å². The van der Waals surface area contributed by atoms with Gasteiger partial charge in [-0.05, 0) is 47.9 Å². The third-order valence-electron chi connectivity index (χ3n) is 5.69. The second-order valence-electron chi connectivity index (χ2n) is 7.21. The van der Waals surface area contributed by atoms with Crippen molar-refractivity contribution in [2.45, 2.75) is 12.5 Å². The number of para-hydroxylation sites is 1. The topological polar surface area (TPSA) is 50.4 Å². The number of aromatic amines is 1. The molecule has 0 amide bonds. The van der Waals surface area contributed by atoms with Gasteiger partial charge in [0.1, 0.15) is 5.82 Å². The Bertz CT molecular complexity index is 1170. The Balaban J connectivity index is 1.56. The van der Waals surface area contributed by atoms with Crippen molar-refractivity contribution >= 4 is 16.7 Å². The minimum atomic E-state index is 0.0422. The Kier molecular flexibility index (Phi) is 3.35. The number of anilines is 1. The SMILES string of the molecule is c1ccc(N2CCc3c([nH]c4ccccc34)C2c2ccc3c(c2)OCO3)nc1. The van der Waals surface area contributed by atoms with E-state index in [2.05, 4.69) is 57.3 Å². The van der Waals surface area contributed by atoms with Gasteiger partial charge >= 0.3 is 0 Å². The van der Waals surface area contributed by atoms with E-state index in [4.69, 9.17) is 9.47 Å². The van der Waals surface area contributed by atoms with Crippen LogP contribution in [0.5, 0.6) is 11.5 Å². The molecule has 2 aliphatic heterocycles. The molecule has 28 heavy (non-hydrogen) atoms. The first-order valence-electron chi connectivity index (χ1n) is 9.55. The minimum Gasteiger partial charge on any atom is -0.454 e. The van der Waals surface area contributed by atoms with E-state index < -0.39 is 0 Å². The summed E-state index contributed by atoms with van der Waals surface area (Å²) in [7, 11) is 0. The highest BCUT2D eigenvalue weighted by Crippen LogP contribution is 2.43. The second kappa shape index (κ2) is 6.02. The summed E-state index contributed by atoms with van der Waals surface area (Å²) in [5.74, 6) is 2.59. The number of H-pyrrole nitrogens is 1. The molecule has 5 heteroatoms. The summed E-state index contributed by atoms with van der Waals surface area (Å²) in [5.41, 5.74) is 4.98. The average molecular weight is 369 g/mol. The molecule has 6 rings (SSSR count). The molecular weight excluding hydrogens is 350 g/mol. The zero-order chi connectivity index (χ0) is 18.5. The normalized spacial score (nSPS) is 17.7. The first kappa shape index (κ1) is 15.6. The van der Waals surface area contributed by atoms with Crippen molar-refractivity contribution in [3.63, 3.8) is 0 Å². The van der Waals surface area contributed by atoms with Gasteiger partial charge < -0.3 is 19.4 Å². The zero-order valence-electron chi connectivity index (χ0n) is 15.3. The molecule has 0 bridgehead atoms. The number of aromatic nitrogens is 2. The van der Waals surface area contributed by atoms with Crippen LogP contribution in [0.3, 0.4) is 0 Å². The molecule has 4 heterocycles. The quantitative estimate of drug-likeness (QED) is 0.567. The van der Waals surface area contributed by atoms with Crippen LogP contribution in [0, 0.1) is 0 Å². The van der Waals surface area contributed by atoms with Crippen LogP contribution in [-0.4, -0.2) is 23.3 Å². The monoisotopic (exact) mass is 369 g/mol. The summed E-state index contributed by atoms with van der Waals surface area (Å²) in [6.45, 7) is 1.19. The van der Waals surface area contributed by atoms with Crippen molar-refractivity contribution in [1.82, 2.24) is 9.97 Å². The van der Waals surface area contributed by atoms with Crippen molar-refractivity contribution in [3.05, 3.63) is 83.7 Å². The highest BCUT2D eigenvalue weighted by Gasteiger charge is 2.33. The van der Waals surface area contributed by atoms with Gasteiger partial charge in [-0.1, -0.05) is 30.3 Å². The van der Waals surface area contributed by atoms with Gasteiger partial charge in [-0.25, -0.2) is 4.98 Å². The van der Waals surface area contributed by atoms with E-state index in [9.17, 15) is 0 Å². The van der Waals surface area contributed by atoms with Gasteiger partial charge in [-0.3, -0.25) is 0 Å². The Labute approximate surface area is 162 Å². The lowest BCUT2D eigenvalue weighted by molar-refractivity contribution is 0.174. The molecule has 1 atom stereocenters. The number of hydrogen-bond acceptors (Lipinski definition) is 4. The zero-order valence-corrected chi connectivity index (χ0v) is 15.3. The predicted molar refractivity (Wildman–Crippen MR) is 108 cm³/mol. The van der Waals surface area contributed by atoms with E-state index >= 15 is 0 Å². The standard InChI is InChI=1S/C23H19N3O2/c1-2-6-18-16(5-1)17-10-12-26(21-7-3-4-11-24-21)23(22(17)25-18)15-8-9-19-20(13-15)28-14-27-19/h1-9,11,13,23,25H,10,12,14H2. The Morgan fingerprint density at radius 1 is 0.964 bits per heavy atom. The first-order chi connectivity index (χ1) is 13.9. The fourth-order valence-corrected chi connectivity index (χ4v) is 4.44. The molecule has 2 aliphatic rings. The van der Waals surface area contributed by atoms with Crippen molar-refractivity contribution in [2.24, 2.45) is 0 Å². The van der Waals surface area contributed by atoms with E-state index in [1.54, 1.807) is 0 Å². The number of hydrogen-bond donors (Lipinski definition) is 1. The summed E-state index contributed by atoms with van der Waals surface area (Å²) in [4.78, 5) is 10.7. The molecule has 1 N–H and O–H groups in total. The molecule has 0 aliphatic carbocycles. The third-order valence-corrected chi connectivity index (χ3v) is 5.69. The second-order valence-corrected chi connectivity index (χ2v) is 7.21. The largest absolute Gasteiger partial charge is 0.454 e. The van der Waals surface area contributed by atoms with Crippen LogP contribution in [-0.2, 0) is 6.42 Å². The first-order valence-corrected chi connectivity index (χ1v) is 9.55. The number of benzene rings is 2. The predicted octanol–water partition coefficient (Wildman–Crippen LogP) is 4.44. The van der Waals surface area contributed by atoms with Crippen molar-refractivity contribution in [3.8, 4) is 11.5 Å². The Morgan fingerprint density at radius 2 is 1.86 bits per heavy atom. The molecule has 0 fully saturated rings. The highest BCUT2D eigenvalue weighted by molar-refractivity contribution is 5.86. The van der Waals surface area contributed by atoms with E-state index in [0.29, 0.717) is 0 Å². The Morgan fingerprint density at radius 3 is 2.79 bits per heavy atom. The number of rotatable bonds is 2. The fourth-order valence-electron chi connectivity index (χ4n) is 4.44. The van der Waals surface area contributed by atoms with Gasteiger partial charge in [-0.15, -0.1) is 0 Å². The van der Waals surface area contributed by atoms with Crippen molar-refractivity contribution < 1.29 is 9.47 Å². The summed E-state index contributed by atoms with van der Waals surface area (Å²) < 4.78 is 11.2. The van der Waals surface area contributed by atoms with Crippen LogP contribution < -0.4 is 14.4 Å². The van der Waals surface area contributed by atoms with Crippen molar-refractivity contribution in [1.29, 1.82) is 0 Å². The van der Waals surface area contributed by atoms with E-state index in [0.717, 1.165) is 30.3 Å². The molecule has 1 unspecified atom stereocenters. The average Bonchev–Trinajstić information content (AvgIpc) is 3.37. The lowest BCUT2D eigenvalue weighted by atomic mass is 9.92. The molecule has 2 aromatic heterocycles. The molecule has 0 radical (unpaired) electrons. The molecule has 0 spiro atoms.